The summed E-state index contributed by atoms with van der Waals surface area (Å²) in [6.45, 7) is 2.04. The number of carbonyl (C=O) groups is 1. The van der Waals surface area contributed by atoms with E-state index in [4.69, 9.17) is 0 Å². The molecule has 20 heavy (non-hydrogen) atoms. The molecule has 2 aromatic carbocycles. The van der Waals surface area contributed by atoms with Gasteiger partial charge in [-0.25, -0.2) is 0 Å². The Kier molecular flexibility index (Phi) is 4.66. The number of carbonyl (C=O) groups excluding carboxylic acids is 1. The number of hydrogen-bond acceptors (Lipinski definition) is 3. The van der Waals surface area contributed by atoms with Crippen LogP contribution >= 0.6 is 0 Å². The molecule has 0 aliphatic rings. The molecule has 0 spiro atoms. The summed E-state index contributed by atoms with van der Waals surface area (Å²) in [6.07, 6.45) is 0.695. The van der Waals surface area contributed by atoms with Crippen molar-refractivity contribution in [1.82, 2.24) is 0 Å². The molecule has 0 saturated heterocycles. The summed E-state index contributed by atoms with van der Waals surface area (Å²) < 4.78 is 0.902. The van der Waals surface area contributed by atoms with Gasteiger partial charge >= 0.3 is 123 Å². The molecule has 0 atom stereocenters. The SMILES string of the molecule is Cc1cccc(C[Se]c2ccc([N+](=O)[O-])cc2C=O)c1. The number of rotatable bonds is 5. The molecule has 2 aromatic rings. The first-order valence-corrected chi connectivity index (χ1v) is 8.09. The molecule has 0 unspecified atom stereocenters. The number of nitro groups is 1. The monoisotopic (exact) mass is 335 g/mol. The van der Waals surface area contributed by atoms with Crippen molar-refractivity contribution >= 4 is 31.4 Å². The van der Waals surface area contributed by atoms with Crippen molar-refractivity contribution < 1.29 is 9.72 Å². The molecule has 0 aromatic heterocycles. The van der Waals surface area contributed by atoms with E-state index in [2.05, 4.69) is 12.1 Å². The molecule has 0 aliphatic heterocycles. The molecule has 2 rings (SSSR count). The molecule has 0 heterocycles. The Bertz CT molecular complexity index is 655. The first kappa shape index (κ1) is 14.4. The van der Waals surface area contributed by atoms with Gasteiger partial charge in [0.1, 0.15) is 0 Å². The summed E-state index contributed by atoms with van der Waals surface area (Å²) in [5.41, 5.74) is 2.81. The van der Waals surface area contributed by atoms with Gasteiger partial charge in [0, 0.05) is 0 Å². The molecule has 0 fully saturated rings. The van der Waals surface area contributed by atoms with Crippen LogP contribution in [-0.2, 0) is 5.32 Å². The van der Waals surface area contributed by atoms with Gasteiger partial charge in [0.25, 0.3) is 0 Å². The minimum atomic E-state index is -0.482. The van der Waals surface area contributed by atoms with Gasteiger partial charge in [-0.05, 0) is 0 Å². The van der Waals surface area contributed by atoms with Crippen LogP contribution in [0.1, 0.15) is 21.5 Å². The zero-order valence-corrected chi connectivity index (χ0v) is 12.6. The minimum absolute atomic E-state index is 0.0396. The second-order valence-electron chi connectivity index (χ2n) is 4.37. The van der Waals surface area contributed by atoms with Crippen LogP contribution < -0.4 is 4.46 Å². The predicted octanol–water partition coefficient (Wildman–Crippen LogP) is 2.25. The van der Waals surface area contributed by atoms with Gasteiger partial charge in [0.15, 0.2) is 0 Å². The van der Waals surface area contributed by atoms with Gasteiger partial charge < -0.3 is 0 Å². The van der Waals surface area contributed by atoms with Crippen LogP contribution in [-0.4, -0.2) is 26.2 Å². The summed E-state index contributed by atoms with van der Waals surface area (Å²) in [4.78, 5) is 21.3. The maximum atomic E-state index is 11.1. The van der Waals surface area contributed by atoms with Crippen LogP contribution in [0.2, 0.25) is 0 Å². The van der Waals surface area contributed by atoms with E-state index in [0.29, 0.717) is 11.8 Å². The van der Waals surface area contributed by atoms with E-state index in [9.17, 15) is 14.9 Å². The Hall–Kier alpha value is -1.97. The van der Waals surface area contributed by atoms with Crippen molar-refractivity contribution in [2.45, 2.75) is 12.2 Å². The third-order valence-corrected chi connectivity index (χ3v) is 5.24. The molecular weight excluding hydrogens is 321 g/mol. The number of nitro benzene ring substituents is 1. The number of nitrogens with zero attached hydrogens (tertiary/aromatic N) is 1. The van der Waals surface area contributed by atoms with Gasteiger partial charge in [0.2, 0.25) is 0 Å². The number of benzene rings is 2. The molecule has 0 radical (unpaired) electrons. The summed E-state index contributed by atoms with van der Waals surface area (Å²) in [6, 6.07) is 12.7. The van der Waals surface area contributed by atoms with Crippen LogP contribution in [0.15, 0.2) is 42.5 Å². The van der Waals surface area contributed by atoms with Gasteiger partial charge in [-0.1, -0.05) is 0 Å². The Morgan fingerprint density at radius 2 is 2.05 bits per heavy atom. The van der Waals surface area contributed by atoms with Crippen LogP contribution in [0.3, 0.4) is 0 Å². The summed E-state index contributed by atoms with van der Waals surface area (Å²) in [5.74, 6) is 0. The Labute approximate surface area is 123 Å². The van der Waals surface area contributed by atoms with Crippen molar-refractivity contribution in [2.75, 3.05) is 0 Å². The number of aldehydes is 1. The van der Waals surface area contributed by atoms with E-state index in [1.807, 2.05) is 19.1 Å². The number of hydrogen-bond donors (Lipinski definition) is 0. The second-order valence-corrected chi connectivity index (χ2v) is 6.51. The van der Waals surface area contributed by atoms with E-state index in [-0.39, 0.29) is 20.6 Å². The number of non-ortho nitro benzene ring substituents is 1. The van der Waals surface area contributed by atoms with Crippen LogP contribution in [0.25, 0.3) is 0 Å². The third kappa shape index (κ3) is 3.53. The van der Waals surface area contributed by atoms with Crippen LogP contribution in [0.4, 0.5) is 5.69 Å². The molecule has 4 nitrogen and oxygen atoms in total. The van der Waals surface area contributed by atoms with Gasteiger partial charge in [-0.2, -0.15) is 0 Å². The van der Waals surface area contributed by atoms with Crippen molar-refractivity contribution in [3.05, 3.63) is 69.3 Å². The Morgan fingerprint density at radius 1 is 1.25 bits per heavy atom. The van der Waals surface area contributed by atoms with E-state index < -0.39 is 4.92 Å². The van der Waals surface area contributed by atoms with E-state index >= 15 is 0 Å². The van der Waals surface area contributed by atoms with Crippen LogP contribution in [0.5, 0.6) is 0 Å². The standard InChI is InChI=1S/C15H13NO3Se/c1-11-3-2-4-12(7-11)10-20-15-6-5-14(16(18)19)8-13(15)9-17/h2-9H,10H2,1H3. The zero-order chi connectivity index (χ0) is 14.5. The topological polar surface area (TPSA) is 60.2 Å². The fourth-order valence-corrected chi connectivity index (χ4v) is 3.81. The van der Waals surface area contributed by atoms with E-state index in [0.717, 1.165) is 9.78 Å². The Balaban J connectivity index is 2.17. The van der Waals surface area contributed by atoms with Crippen molar-refractivity contribution in [3.63, 3.8) is 0 Å². The van der Waals surface area contributed by atoms with E-state index in [1.54, 1.807) is 6.07 Å². The number of aryl methyl sites for hydroxylation is 1. The fraction of sp³-hybridized carbons (Fsp3) is 0.133. The summed E-state index contributed by atoms with van der Waals surface area (Å²) >= 11 is 0.0825. The maximum absolute atomic E-state index is 11.1. The predicted molar refractivity (Wildman–Crippen MR) is 78.8 cm³/mol. The fourth-order valence-electron chi connectivity index (χ4n) is 1.84. The summed E-state index contributed by atoms with van der Waals surface area (Å²) in [7, 11) is 0. The summed E-state index contributed by atoms with van der Waals surface area (Å²) in [5, 5.41) is 11.6. The molecule has 0 aliphatic carbocycles. The van der Waals surface area contributed by atoms with Crippen molar-refractivity contribution in [3.8, 4) is 0 Å². The molecule has 0 N–H and O–H groups in total. The normalized spacial score (nSPS) is 10.2. The average Bonchev–Trinajstić information content (AvgIpc) is 2.45. The third-order valence-electron chi connectivity index (χ3n) is 2.81. The van der Waals surface area contributed by atoms with Gasteiger partial charge in [-0.15, -0.1) is 0 Å². The first-order valence-electron chi connectivity index (χ1n) is 6.02. The molecule has 5 heteroatoms. The zero-order valence-electron chi connectivity index (χ0n) is 10.9. The first-order chi connectivity index (χ1) is 9.60. The molecule has 102 valence electrons. The van der Waals surface area contributed by atoms with Gasteiger partial charge in [-0.3, -0.25) is 0 Å². The van der Waals surface area contributed by atoms with E-state index in [1.165, 1.54) is 23.3 Å². The molecular formula is C15H13NO3Se. The molecule has 0 saturated carbocycles. The average molecular weight is 334 g/mol. The van der Waals surface area contributed by atoms with Gasteiger partial charge in [0.05, 0.1) is 0 Å². The van der Waals surface area contributed by atoms with Crippen LogP contribution in [0, 0.1) is 17.0 Å². The quantitative estimate of drug-likeness (QED) is 0.365. The molecule has 0 amide bonds. The Morgan fingerprint density at radius 3 is 2.70 bits per heavy atom. The second kappa shape index (κ2) is 6.46. The van der Waals surface area contributed by atoms with Crippen molar-refractivity contribution in [2.24, 2.45) is 0 Å². The van der Waals surface area contributed by atoms with Crippen molar-refractivity contribution in [1.29, 1.82) is 0 Å². The molecule has 0 bridgehead atoms.